The predicted molar refractivity (Wildman–Crippen MR) is 138 cm³/mol. The van der Waals surface area contributed by atoms with Gasteiger partial charge in [-0.1, -0.05) is 48.0 Å². The number of halogens is 2. The van der Waals surface area contributed by atoms with Crippen LogP contribution in [-0.2, 0) is 26.2 Å². The maximum atomic E-state index is 14.4. The summed E-state index contributed by atoms with van der Waals surface area (Å²) in [6.45, 7) is 2.76. The molecule has 2 amide bonds. The molecule has 7 nitrogen and oxygen atoms in total. The zero-order valence-corrected chi connectivity index (χ0v) is 21.5. The van der Waals surface area contributed by atoms with Gasteiger partial charge in [-0.05, 0) is 56.3 Å². The average molecular weight is 532 g/mol. The Bertz CT molecular complexity index is 1300. The lowest BCUT2D eigenvalue weighted by Crippen LogP contribution is -2.51. The Balaban J connectivity index is 2.02. The first-order valence-electron chi connectivity index (χ1n) is 11.3. The summed E-state index contributed by atoms with van der Waals surface area (Å²) in [6.07, 6.45) is 0. The van der Waals surface area contributed by atoms with Crippen molar-refractivity contribution in [3.63, 3.8) is 0 Å². The van der Waals surface area contributed by atoms with E-state index in [0.29, 0.717) is 11.6 Å². The third-order valence-electron chi connectivity index (χ3n) is 5.54. The molecular weight excluding hydrogens is 505 g/mol. The number of rotatable bonds is 10. The molecule has 0 aliphatic carbocycles. The number of carbonyl (C=O) groups is 2. The van der Waals surface area contributed by atoms with Crippen LogP contribution in [0.4, 0.5) is 10.1 Å². The summed E-state index contributed by atoms with van der Waals surface area (Å²) in [7, 11) is -4.16. The topological polar surface area (TPSA) is 86.8 Å². The number of nitrogens with one attached hydrogen (secondary N) is 1. The van der Waals surface area contributed by atoms with E-state index in [1.54, 1.807) is 31.2 Å². The van der Waals surface area contributed by atoms with Crippen molar-refractivity contribution in [3.05, 3.63) is 95.3 Å². The van der Waals surface area contributed by atoms with Crippen LogP contribution >= 0.6 is 11.6 Å². The Hall–Kier alpha value is -3.43. The first-order valence-corrected chi connectivity index (χ1v) is 13.1. The van der Waals surface area contributed by atoms with Crippen molar-refractivity contribution in [1.82, 2.24) is 10.2 Å². The molecule has 0 aliphatic rings. The molecule has 36 heavy (non-hydrogen) atoms. The van der Waals surface area contributed by atoms with Gasteiger partial charge in [0, 0.05) is 23.7 Å². The molecule has 10 heteroatoms. The van der Waals surface area contributed by atoms with Crippen molar-refractivity contribution in [3.8, 4) is 0 Å². The Morgan fingerprint density at radius 1 is 0.972 bits per heavy atom. The van der Waals surface area contributed by atoms with Crippen molar-refractivity contribution < 1.29 is 22.4 Å². The molecule has 0 spiro atoms. The second-order valence-electron chi connectivity index (χ2n) is 7.98. The van der Waals surface area contributed by atoms with E-state index < -0.39 is 40.2 Å². The minimum Gasteiger partial charge on any atom is -0.355 e. The molecule has 0 bridgehead atoms. The quantitative estimate of drug-likeness (QED) is 0.424. The summed E-state index contributed by atoms with van der Waals surface area (Å²) in [4.78, 5) is 27.4. The van der Waals surface area contributed by atoms with Gasteiger partial charge in [-0.2, -0.15) is 0 Å². The number of carbonyl (C=O) groups excluding carboxylic acids is 2. The van der Waals surface area contributed by atoms with Gasteiger partial charge in [0.15, 0.2) is 0 Å². The number of amides is 2. The first kappa shape index (κ1) is 27.2. The highest BCUT2D eigenvalue weighted by atomic mass is 35.5. The molecule has 0 radical (unpaired) electrons. The first-order chi connectivity index (χ1) is 17.1. The van der Waals surface area contributed by atoms with Crippen LogP contribution in [0.2, 0.25) is 5.02 Å². The van der Waals surface area contributed by atoms with E-state index in [-0.39, 0.29) is 22.7 Å². The standard InChI is InChI=1S/C26H27ClFN3O4S/c1-3-29-26(33)19(2)30(17-20-9-7-8-12-24(20)28)25(32)18-31(22-15-13-21(27)14-16-22)36(34,35)23-10-5-4-6-11-23/h4-16,19H,3,17-18H2,1-2H3,(H,29,33)/t19-/m0/s1. The molecule has 0 aromatic heterocycles. The van der Waals surface area contributed by atoms with Gasteiger partial charge < -0.3 is 10.2 Å². The summed E-state index contributed by atoms with van der Waals surface area (Å²) in [5, 5.41) is 3.05. The van der Waals surface area contributed by atoms with Crippen LogP contribution in [0.1, 0.15) is 19.4 Å². The maximum Gasteiger partial charge on any atom is 0.264 e. The summed E-state index contributed by atoms with van der Waals surface area (Å²) in [5.74, 6) is -1.65. The van der Waals surface area contributed by atoms with E-state index in [4.69, 9.17) is 11.6 Å². The number of sulfonamides is 1. The van der Waals surface area contributed by atoms with Gasteiger partial charge in [0.1, 0.15) is 18.4 Å². The fraction of sp³-hybridized carbons (Fsp3) is 0.231. The lowest BCUT2D eigenvalue weighted by molar-refractivity contribution is -0.139. The average Bonchev–Trinajstić information content (AvgIpc) is 2.87. The van der Waals surface area contributed by atoms with Gasteiger partial charge in [-0.25, -0.2) is 12.8 Å². The van der Waals surface area contributed by atoms with Gasteiger partial charge >= 0.3 is 0 Å². The van der Waals surface area contributed by atoms with Crippen LogP contribution in [0, 0.1) is 5.82 Å². The van der Waals surface area contributed by atoms with Crippen LogP contribution in [0.5, 0.6) is 0 Å². The lowest BCUT2D eigenvalue weighted by Gasteiger charge is -2.32. The Morgan fingerprint density at radius 2 is 1.58 bits per heavy atom. The molecule has 3 rings (SSSR count). The van der Waals surface area contributed by atoms with E-state index >= 15 is 0 Å². The minimum absolute atomic E-state index is 0.00909. The lowest BCUT2D eigenvalue weighted by atomic mass is 10.1. The second kappa shape index (κ2) is 12.0. The third-order valence-corrected chi connectivity index (χ3v) is 7.58. The van der Waals surface area contributed by atoms with E-state index in [1.807, 2.05) is 0 Å². The van der Waals surface area contributed by atoms with Crippen molar-refractivity contribution in [1.29, 1.82) is 0 Å². The molecule has 0 fully saturated rings. The van der Waals surface area contributed by atoms with E-state index in [2.05, 4.69) is 5.32 Å². The number of nitrogens with zero attached hydrogens (tertiary/aromatic N) is 2. The van der Waals surface area contributed by atoms with E-state index in [0.717, 1.165) is 4.31 Å². The SMILES string of the molecule is CCNC(=O)[C@H](C)N(Cc1ccccc1F)C(=O)CN(c1ccc(Cl)cc1)S(=O)(=O)c1ccccc1. The van der Waals surface area contributed by atoms with Crippen molar-refractivity contribution >= 4 is 39.1 Å². The highest BCUT2D eigenvalue weighted by Gasteiger charge is 2.32. The van der Waals surface area contributed by atoms with Gasteiger partial charge in [0.2, 0.25) is 11.8 Å². The molecule has 1 atom stereocenters. The maximum absolute atomic E-state index is 14.4. The third kappa shape index (κ3) is 6.41. The highest BCUT2D eigenvalue weighted by Crippen LogP contribution is 2.26. The van der Waals surface area contributed by atoms with E-state index in [1.165, 1.54) is 66.4 Å². The number of anilines is 1. The zero-order valence-electron chi connectivity index (χ0n) is 19.9. The molecule has 3 aromatic rings. The molecule has 0 aliphatic heterocycles. The van der Waals surface area contributed by atoms with Gasteiger partial charge in [0.05, 0.1) is 10.6 Å². The highest BCUT2D eigenvalue weighted by molar-refractivity contribution is 7.92. The zero-order chi connectivity index (χ0) is 26.3. The van der Waals surface area contributed by atoms with Crippen LogP contribution in [0.3, 0.4) is 0 Å². The van der Waals surface area contributed by atoms with Crippen molar-refractivity contribution in [2.24, 2.45) is 0 Å². The molecule has 0 saturated carbocycles. The van der Waals surface area contributed by atoms with Crippen LogP contribution < -0.4 is 9.62 Å². The Morgan fingerprint density at radius 3 is 2.19 bits per heavy atom. The van der Waals surface area contributed by atoms with Gasteiger partial charge in [-0.15, -0.1) is 0 Å². The summed E-state index contributed by atoms with van der Waals surface area (Å²) in [6, 6.07) is 18.6. The molecule has 1 N–H and O–H groups in total. The second-order valence-corrected chi connectivity index (χ2v) is 10.3. The number of benzene rings is 3. The van der Waals surface area contributed by atoms with Crippen LogP contribution in [0.15, 0.2) is 83.8 Å². The minimum atomic E-state index is -4.16. The number of hydrogen-bond donors (Lipinski definition) is 1. The van der Waals surface area contributed by atoms with Crippen molar-refractivity contribution in [2.75, 3.05) is 17.4 Å². The predicted octanol–water partition coefficient (Wildman–Crippen LogP) is 4.23. The monoisotopic (exact) mass is 531 g/mol. The molecule has 190 valence electrons. The summed E-state index contributed by atoms with van der Waals surface area (Å²) < 4.78 is 42.6. The van der Waals surface area contributed by atoms with E-state index in [9.17, 15) is 22.4 Å². The molecular formula is C26H27ClFN3O4S. The number of likely N-dealkylation sites (N-methyl/N-ethyl adjacent to an activating group) is 1. The molecule has 0 saturated heterocycles. The molecule has 0 heterocycles. The summed E-state index contributed by atoms with van der Waals surface area (Å²) >= 11 is 5.99. The Labute approximate surface area is 215 Å². The smallest absolute Gasteiger partial charge is 0.264 e. The number of hydrogen-bond acceptors (Lipinski definition) is 4. The van der Waals surface area contributed by atoms with Gasteiger partial charge in [-0.3, -0.25) is 13.9 Å². The Kier molecular flexibility index (Phi) is 9.06. The van der Waals surface area contributed by atoms with Crippen LogP contribution in [0.25, 0.3) is 0 Å². The fourth-order valence-corrected chi connectivity index (χ4v) is 5.13. The van der Waals surface area contributed by atoms with Gasteiger partial charge in [0.25, 0.3) is 10.0 Å². The fourth-order valence-electron chi connectivity index (χ4n) is 3.57. The van der Waals surface area contributed by atoms with Crippen molar-refractivity contribution in [2.45, 2.75) is 31.3 Å². The molecule has 0 unspecified atom stereocenters. The largest absolute Gasteiger partial charge is 0.355 e. The normalized spacial score (nSPS) is 12.0. The molecule has 3 aromatic carbocycles. The van der Waals surface area contributed by atoms with Crippen LogP contribution in [-0.4, -0.2) is 44.3 Å². The summed E-state index contributed by atoms with van der Waals surface area (Å²) in [5.41, 5.74) is 0.416.